The second kappa shape index (κ2) is 10.8. The molecule has 0 rings (SSSR count). The zero-order valence-electron chi connectivity index (χ0n) is 12.4. The van der Waals surface area contributed by atoms with Crippen LogP contribution in [0.25, 0.3) is 0 Å². The molecule has 1 unspecified atom stereocenters. The third-order valence-corrected chi connectivity index (χ3v) is 3.10. The van der Waals surface area contributed by atoms with Gasteiger partial charge in [-0.05, 0) is 12.8 Å². The van der Waals surface area contributed by atoms with Crippen LogP contribution in [0.15, 0.2) is 0 Å². The molecule has 0 saturated carbocycles. The molecule has 0 aromatic heterocycles. The fourth-order valence-electron chi connectivity index (χ4n) is 1.49. The van der Waals surface area contributed by atoms with Crippen molar-refractivity contribution < 1.29 is 38.5 Å². The van der Waals surface area contributed by atoms with Crippen molar-refractivity contribution in [3.8, 4) is 0 Å². The van der Waals surface area contributed by atoms with E-state index in [9.17, 15) is 5.11 Å². The molecule has 0 bridgehead atoms. The summed E-state index contributed by atoms with van der Waals surface area (Å²) in [4.78, 5) is 0. The van der Waals surface area contributed by atoms with Crippen LogP contribution in [-0.2, 0) is 0 Å². The van der Waals surface area contributed by atoms with Crippen molar-refractivity contribution in [1.82, 2.24) is 0 Å². The van der Waals surface area contributed by atoms with E-state index in [1.54, 1.807) is 0 Å². The van der Waals surface area contributed by atoms with Crippen LogP contribution in [0.5, 0.6) is 0 Å². The van der Waals surface area contributed by atoms with Crippen molar-refractivity contribution in [2.45, 2.75) is 58.6 Å². The fourth-order valence-corrected chi connectivity index (χ4v) is 1.49. The lowest BCUT2D eigenvalue weighted by Crippen LogP contribution is -2.68. The van der Waals surface area contributed by atoms with Crippen LogP contribution in [0.3, 0.4) is 0 Å². The molecule has 0 aliphatic carbocycles. The standard InChI is InChI=1S/C12H28NO.ClHO4/c1-5-6-7-8-9-10-11-13(3,4)12(2)14;2-1(3,4)5/h12,14H,5-11H2,1-4H3;(H,2,3,4,5)/q+1;/p-1. The molecule has 118 valence electrons. The van der Waals surface area contributed by atoms with Gasteiger partial charge in [-0.2, -0.15) is 0 Å². The normalized spacial score (nSPS) is 13.7. The van der Waals surface area contributed by atoms with E-state index < -0.39 is 10.2 Å². The molecule has 0 aromatic rings. The average Bonchev–Trinajstić information content (AvgIpc) is 2.20. The van der Waals surface area contributed by atoms with Crippen molar-refractivity contribution in [2.75, 3.05) is 20.6 Å². The summed E-state index contributed by atoms with van der Waals surface area (Å²) in [6, 6.07) is 0. The first kappa shape index (κ1) is 21.4. The molecule has 0 amide bonds. The minimum atomic E-state index is -4.94. The van der Waals surface area contributed by atoms with Gasteiger partial charge in [-0.1, -0.05) is 32.6 Å². The van der Waals surface area contributed by atoms with E-state index in [4.69, 9.17) is 18.6 Å². The zero-order chi connectivity index (χ0) is 15.5. The maximum atomic E-state index is 9.49. The molecule has 0 aliphatic heterocycles. The third kappa shape index (κ3) is 20.5. The van der Waals surface area contributed by atoms with Gasteiger partial charge in [0, 0.05) is 6.92 Å². The van der Waals surface area contributed by atoms with Crippen molar-refractivity contribution in [3.63, 3.8) is 0 Å². The second-order valence-corrected chi connectivity index (χ2v) is 6.04. The molecule has 7 heteroatoms. The van der Waals surface area contributed by atoms with Crippen LogP contribution in [0.1, 0.15) is 52.4 Å². The van der Waals surface area contributed by atoms with Gasteiger partial charge in [0.25, 0.3) is 0 Å². The third-order valence-electron chi connectivity index (χ3n) is 3.10. The molecule has 0 radical (unpaired) electrons. The highest BCUT2D eigenvalue weighted by Gasteiger charge is 2.19. The minimum absolute atomic E-state index is 0.245. The summed E-state index contributed by atoms with van der Waals surface area (Å²) in [6.45, 7) is 5.20. The number of hydrogen-bond donors (Lipinski definition) is 1. The molecule has 0 heterocycles. The van der Waals surface area contributed by atoms with Crippen LogP contribution in [-0.4, -0.2) is 36.5 Å². The summed E-state index contributed by atoms with van der Waals surface area (Å²) in [7, 11) is -0.757. The highest BCUT2D eigenvalue weighted by molar-refractivity contribution is 4.44. The number of nitrogens with zero attached hydrogens (tertiary/aromatic N) is 1. The van der Waals surface area contributed by atoms with E-state index in [0.717, 1.165) is 11.0 Å². The molecule has 0 spiro atoms. The predicted molar refractivity (Wildman–Crippen MR) is 62.0 cm³/mol. The number of hydrogen-bond acceptors (Lipinski definition) is 5. The van der Waals surface area contributed by atoms with Crippen LogP contribution in [0.4, 0.5) is 0 Å². The summed E-state index contributed by atoms with van der Waals surface area (Å²) in [5.74, 6) is 0. The van der Waals surface area contributed by atoms with Gasteiger partial charge in [0.05, 0.1) is 20.6 Å². The first-order valence-corrected chi connectivity index (χ1v) is 7.86. The van der Waals surface area contributed by atoms with Gasteiger partial charge >= 0.3 is 0 Å². The first-order chi connectivity index (χ1) is 8.50. The van der Waals surface area contributed by atoms with Gasteiger partial charge in [-0.3, -0.25) is 0 Å². The maximum absolute atomic E-state index is 9.49. The van der Waals surface area contributed by atoms with Crippen LogP contribution >= 0.6 is 0 Å². The Morgan fingerprint density at radius 3 is 1.68 bits per heavy atom. The highest BCUT2D eigenvalue weighted by atomic mass is 35.7. The van der Waals surface area contributed by atoms with Gasteiger partial charge in [-0.25, -0.2) is 18.6 Å². The molecule has 0 saturated heterocycles. The topological polar surface area (TPSA) is 112 Å². The number of quaternary nitrogens is 1. The monoisotopic (exact) mass is 301 g/mol. The molecule has 19 heavy (non-hydrogen) atoms. The average molecular weight is 302 g/mol. The van der Waals surface area contributed by atoms with Gasteiger partial charge in [0.2, 0.25) is 0 Å². The number of aliphatic hydroxyl groups excluding tert-OH is 1. The van der Waals surface area contributed by atoms with Crippen LogP contribution in [0.2, 0.25) is 0 Å². The molecule has 1 atom stereocenters. The lowest BCUT2D eigenvalue weighted by Gasteiger charge is -2.32. The van der Waals surface area contributed by atoms with E-state index >= 15 is 0 Å². The lowest BCUT2D eigenvalue weighted by molar-refractivity contribution is -2.00. The van der Waals surface area contributed by atoms with E-state index in [1.165, 1.54) is 38.5 Å². The van der Waals surface area contributed by atoms with Crippen LogP contribution < -0.4 is 18.6 Å². The van der Waals surface area contributed by atoms with E-state index in [-0.39, 0.29) is 6.23 Å². The number of rotatable bonds is 8. The summed E-state index contributed by atoms with van der Waals surface area (Å²) in [6.07, 6.45) is 7.72. The SMILES string of the molecule is CCCCCCCC[N+](C)(C)C(C)O.[O-][Cl+3]([O-])([O-])[O-]. The van der Waals surface area contributed by atoms with Crippen LogP contribution in [0, 0.1) is 10.2 Å². The van der Waals surface area contributed by atoms with Gasteiger partial charge in [0.1, 0.15) is 0 Å². The zero-order valence-corrected chi connectivity index (χ0v) is 13.2. The number of unbranched alkanes of at least 4 members (excludes halogenated alkanes) is 5. The summed E-state index contributed by atoms with van der Waals surface area (Å²) >= 11 is 0. The van der Waals surface area contributed by atoms with E-state index in [0.29, 0.717) is 0 Å². The van der Waals surface area contributed by atoms with E-state index in [1.807, 2.05) is 6.92 Å². The Bertz CT molecular complexity index is 201. The van der Waals surface area contributed by atoms with Crippen molar-refractivity contribution in [2.24, 2.45) is 0 Å². The molecule has 0 aromatic carbocycles. The summed E-state index contributed by atoms with van der Waals surface area (Å²) in [5.41, 5.74) is 0. The highest BCUT2D eigenvalue weighted by Crippen LogP contribution is 2.10. The van der Waals surface area contributed by atoms with Crippen molar-refractivity contribution in [3.05, 3.63) is 0 Å². The Kier molecular flexibility index (Phi) is 12.1. The second-order valence-electron chi connectivity index (χ2n) is 5.28. The Morgan fingerprint density at radius 2 is 1.32 bits per heavy atom. The Morgan fingerprint density at radius 1 is 0.947 bits per heavy atom. The predicted octanol–water partition coefficient (Wildman–Crippen LogP) is -1.99. The number of halogens is 1. The molecule has 6 nitrogen and oxygen atoms in total. The Balaban J connectivity index is 0. The van der Waals surface area contributed by atoms with Gasteiger partial charge < -0.3 is 9.59 Å². The molecule has 0 aliphatic rings. The molecule has 0 fully saturated rings. The Hall–Kier alpha value is 0.0500. The number of aliphatic hydroxyl groups is 1. The maximum Gasteiger partial charge on any atom is 0.187 e. The summed E-state index contributed by atoms with van der Waals surface area (Å²) in [5, 5.41) is 9.49. The van der Waals surface area contributed by atoms with Gasteiger partial charge in [-0.15, -0.1) is 10.2 Å². The fraction of sp³-hybridized carbons (Fsp3) is 1.00. The molecular formula is C12H28ClNO5. The summed E-state index contributed by atoms with van der Waals surface area (Å²) < 4.78 is 34.7. The first-order valence-electron chi connectivity index (χ1n) is 6.63. The largest absolute Gasteiger partial charge is 0.345 e. The lowest BCUT2D eigenvalue weighted by atomic mass is 10.1. The quantitative estimate of drug-likeness (QED) is 0.317. The molecule has 1 N–H and O–H groups in total. The smallest absolute Gasteiger partial charge is 0.187 e. The van der Waals surface area contributed by atoms with E-state index in [2.05, 4.69) is 21.0 Å². The molecular weight excluding hydrogens is 274 g/mol. The van der Waals surface area contributed by atoms with Gasteiger partial charge in [0.15, 0.2) is 6.23 Å². The van der Waals surface area contributed by atoms with Crippen molar-refractivity contribution >= 4 is 0 Å². The minimum Gasteiger partial charge on any atom is -0.345 e. The van der Waals surface area contributed by atoms with Crippen molar-refractivity contribution in [1.29, 1.82) is 0 Å². The Labute approximate surface area is 118 Å².